The molecule has 0 saturated heterocycles. The van der Waals surface area contributed by atoms with E-state index in [1.54, 1.807) is 0 Å². The van der Waals surface area contributed by atoms with Crippen LogP contribution in [0, 0.1) is 17.5 Å². The van der Waals surface area contributed by atoms with Gasteiger partial charge in [0.05, 0.1) is 0 Å². The summed E-state index contributed by atoms with van der Waals surface area (Å²) in [6.07, 6.45) is 2.19. The lowest BCUT2D eigenvalue weighted by Crippen LogP contribution is -2.14. The molecule has 0 aromatic heterocycles. The quantitative estimate of drug-likeness (QED) is 0.716. The van der Waals surface area contributed by atoms with Crippen LogP contribution in [0.5, 0.6) is 0 Å². The molecule has 2 atom stereocenters. The van der Waals surface area contributed by atoms with E-state index in [1.165, 1.54) is 6.07 Å². The van der Waals surface area contributed by atoms with E-state index >= 15 is 0 Å². The monoisotopic (exact) mass is 215 g/mol. The highest BCUT2D eigenvalue weighted by Gasteiger charge is 2.27. The average Bonchev–Trinajstić information content (AvgIpc) is 2.61. The average molecular weight is 215 g/mol. The van der Waals surface area contributed by atoms with Crippen LogP contribution in [-0.2, 0) is 0 Å². The third-order valence-electron chi connectivity index (χ3n) is 2.98. The number of rotatable bonds is 1. The zero-order valence-electron chi connectivity index (χ0n) is 8.14. The summed E-state index contributed by atoms with van der Waals surface area (Å²) >= 11 is 0. The molecule has 1 aromatic carbocycles. The van der Waals surface area contributed by atoms with Crippen molar-refractivity contribution < 1.29 is 13.2 Å². The predicted octanol–water partition coefficient (Wildman–Crippen LogP) is 2.70. The third kappa shape index (κ3) is 1.86. The van der Waals surface area contributed by atoms with Crippen LogP contribution in [0.3, 0.4) is 0 Å². The van der Waals surface area contributed by atoms with Crippen LogP contribution in [0.4, 0.5) is 13.2 Å². The van der Waals surface area contributed by atoms with Crippen molar-refractivity contribution in [3.63, 3.8) is 0 Å². The van der Waals surface area contributed by atoms with Crippen LogP contribution >= 0.6 is 0 Å². The first-order valence-corrected chi connectivity index (χ1v) is 4.98. The summed E-state index contributed by atoms with van der Waals surface area (Å²) in [4.78, 5) is 0. The zero-order valence-corrected chi connectivity index (χ0v) is 8.14. The smallest absolute Gasteiger partial charge is 0.194 e. The predicted molar refractivity (Wildman–Crippen MR) is 50.9 cm³/mol. The van der Waals surface area contributed by atoms with Crippen molar-refractivity contribution in [3.8, 4) is 0 Å². The van der Waals surface area contributed by atoms with E-state index in [4.69, 9.17) is 5.73 Å². The zero-order chi connectivity index (χ0) is 11.0. The summed E-state index contributed by atoms with van der Waals surface area (Å²) in [7, 11) is 0. The molecule has 0 bridgehead atoms. The second kappa shape index (κ2) is 3.85. The summed E-state index contributed by atoms with van der Waals surface area (Å²) in [6, 6.07) is 2.33. The minimum atomic E-state index is -1.38. The van der Waals surface area contributed by atoms with E-state index < -0.39 is 17.5 Å². The van der Waals surface area contributed by atoms with Crippen LogP contribution in [0.15, 0.2) is 12.1 Å². The number of halogens is 3. The van der Waals surface area contributed by atoms with Gasteiger partial charge in [-0.25, -0.2) is 13.2 Å². The van der Waals surface area contributed by atoms with E-state index in [1.807, 2.05) is 0 Å². The Morgan fingerprint density at radius 3 is 2.40 bits per heavy atom. The molecule has 0 aliphatic heterocycles. The normalized spacial score (nSPS) is 25.9. The fourth-order valence-electron chi connectivity index (χ4n) is 2.16. The largest absolute Gasteiger partial charge is 0.328 e. The molecule has 0 amide bonds. The van der Waals surface area contributed by atoms with Crippen molar-refractivity contribution in [2.45, 2.75) is 31.2 Å². The highest BCUT2D eigenvalue weighted by molar-refractivity contribution is 5.25. The van der Waals surface area contributed by atoms with Crippen molar-refractivity contribution in [2.75, 3.05) is 0 Å². The molecule has 4 heteroatoms. The first-order valence-electron chi connectivity index (χ1n) is 4.98. The maximum Gasteiger partial charge on any atom is 0.194 e. The Hall–Kier alpha value is -1.03. The first kappa shape index (κ1) is 10.5. The molecule has 1 aromatic rings. The van der Waals surface area contributed by atoms with Crippen molar-refractivity contribution in [1.29, 1.82) is 0 Å². The second-order valence-electron chi connectivity index (χ2n) is 4.03. The molecule has 0 heterocycles. The number of nitrogens with two attached hydrogens (primary N) is 1. The van der Waals surface area contributed by atoms with E-state index in [2.05, 4.69) is 0 Å². The summed E-state index contributed by atoms with van der Waals surface area (Å²) in [5.74, 6) is -3.66. The molecule has 1 saturated carbocycles. The third-order valence-corrected chi connectivity index (χ3v) is 2.98. The standard InChI is InChI=1S/C11H12F3N/c12-9-4-3-8(10(13)11(9)14)6-1-2-7(15)5-6/h3-4,6-7H,1-2,5,15H2. The van der Waals surface area contributed by atoms with Crippen LogP contribution < -0.4 is 5.73 Å². The van der Waals surface area contributed by atoms with Gasteiger partial charge >= 0.3 is 0 Å². The molecule has 1 fully saturated rings. The second-order valence-corrected chi connectivity index (χ2v) is 4.03. The minimum absolute atomic E-state index is 0.0440. The van der Waals surface area contributed by atoms with Crippen LogP contribution in [-0.4, -0.2) is 6.04 Å². The fraction of sp³-hybridized carbons (Fsp3) is 0.455. The van der Waals surface area contributed by atoms with Crippen LogP contribution in [0.25, 0.3) is 0 Å². The molecule has 1 aliphatic carbocycles. The molecule has 2 unspecified atom stereocenters. The molecular weight excluding hydrogens is 203 g/mol. The minimum Gasteiger partial charge on any atom is -0.328 e. The maximum absolute atomic E-state index is 13.4. The lowest BCUT2D eigenvalue weighted by molar-refractivity contribution is 0.435. The van der Waals surface area contributed by atoms with Gasteiger partial charge in [0.25, 0.3) is 0 Å². The SMILES string of the molecule is NC1CCC(c2ccc(F)c(F)c2F)C1. The fourth-order valence-corrected chi connectivity index (χ4v) is 2.16. The van der Waals surface area contributed by atoms with E-state index in [-0.39, 0.29) is 17.5 Å². The Labute approximate surface area is 86.1 Å². The topological polar surface area (TPSA) is 26.0 Å². The highest BCUT2D eigenvalue weighted by atomic mass is 19.2. The lowest BCUT2D eigenvalue weighted by atomic mass is 9.96. The molecule has 1 nitrogen and oxygen atoms in total. The van der Waals surface area contributed by atoms with Gasteiger partial charge in [-0.2, -0.15) is 0 Å². The summed E-state index contributed by atoms with van der Waals surface area (Å²) in [6.45, 7) is 0. The molecule has 82 valence electrons. The Balaban J connectivity index is 2.33. The number of hydrogen-bond acceptors (Lipinski definition) is 1. The van der Waals surface area contributed by atoms with Gasteiger partial charge in [0.15, 0.2) is 17.5 Å². The highest BCUT2D eigenvalue weighted by Crippen LogP contribution is 2.35. The summed E-state index contributed by atoms with van der Waals surface area (Å²) in [5.41, 5.74) is 5.94. The van der Waals surface area contributed by atoms with Gasteiger partial charge < -0.3 is 5.73 Å². The van der Waals surface area contributed by atoms with Crippen molar-refractivity contribution in [2.24, 2.45) is 5.73 Å². The Morgan fingerprint density at radius 1 is 1.07 bits per heavy atom. The molecule has 1 aliphatic rings. The molecule has 0 radical (unpaired) electrons. The van der Waals surface area contributed by atoms with Crippen LogP contribution in [0.2, 0.25) is 0 Å². The van der Waals surface area contributed by atoms with Gasteiger partial charge in [-0.15, -0.1) is 0 Å². The maximum atomic E-state index is 13.4. The molecule has 2 rings (SSSR count). The van der Waals surface area contributed by atoms with Gasteiger partial charge in [-0.05, 0) is 36.8 Å². The lowest BCUT2D eigenvalue weighted by Gasteiger charge is -2.11. The van der Waals surface area contributed by atoms with Gasteiger partial charge in [-0.3, -0.25) is 0 Å². The molecule has 0 spiro atoms. The van der Waals surface area contributed by atoms with E-state index in [0.717, 1.165) is 18.9 Å². The Bertz CT molecular complexity index is 378. The number of hydrogen-bond donors (Lipinski definition) is 1. The van der Waals surface area contributed by atoms with Crippen molar-refractivity contribution in [3.05, 3.63) is 35.1 Å². The Morgan fingerprint density at radius 2 is 1.80 bits per heavy atom. The van der Waals surface area contributed by atoms with Gasteiger partial charge in [-0.1, -0.05) is 6.07 Å². The molecular formula is C11H12F3N. The number of benzene rings is 1. The van der Waals surface area contributed by atoms with E-state index in [9.17, 15) is 13.2 Å². The van der Waals surface area contributed by atoms with Gasteiger partial charge in [0, 0.05) is 6.04 Å². The van der Waals surface area contributed by atoms with Gasteiger partial charge in [0.2, 0.25) is 0 Å². The Kier molecular flexibility index (Phi) is 2.69. The van der Waals surface area contributed by atoms with E-state index in [0.29, 0.717) is 6.42 Å². The van der Waals surface area contributed by atoms with Crippen molar-refractivity contribution >= 4 is 0 Å². The van der Waals surface area contributed by atoms with Crippen molar-refractivity contribution in [1.82, 2.24) is 0 Å². The first-order chi connectivity index (χ1) is 7.09. The van der Waals surface area contributed by atoms with Crippen LogP contribution in [0.1, 0.15) is 30.7 Å². The summed E-state index contributed by atoms with van der Waals surface area (Å²) in [5, 5.41) is 0. The summed E-state index contributed by atoms with van der Waals surface area (Å²) < 4.78 is 39.0. The van der Waals surface area contributed by atoms with Gasteiger partial charge in [0.1, 0.15) is 0 Å². The molecule has 15 heavy (non-hydrogen) atoms. The molecule has 2 N–H and O–H groups in total.